The minimum absolute atomic E-state index is 0.145. The molecule has 0 saturated carbocycles. The smallest absolute Gasteiger partial charge is 0.255 e. The fourth-order valence-electron chi connectivity index (χ4n) is 3.16. The van der Waals surface area contributed by atoms with E-state index in [9.17, 15) is 19.2 Å². The van der Waals surface area contributed by atoms with E-state index in [2.05, 4.69) is 21.7 Å². The van der Waals surface area contributed by atoms with Crippen molar-refractivity contribution in [2.75, 3.05) is 32.5 Å². The largest absolute Gasteiger partial charge is 0.369 e. The number of rotatable bonds is 8. The van der Waals surface area contributed by atoms with Crippen molar-refractivity contribution >= 4 is 17.6 Å². The number of hydrogen-bond acceptors (Lipinski definition) is 5. The van der Waals surface area contributed by atoms with Crippen LogP contribution in [0, 0.1) is 17.1 Å². The average molecular weight is 445 g/mol. The maximum atomic E-state index is 13.5. The first-order valence-corrected chi connectivity index (χ1v) is 10.4. The second kappa shape index (κ2) is 10.9. The maximum absolute atomic E-state index is 13.5. The van der Waals surface area contributed by atoms with Gasteiger partial charge in [0.05, 0.1) is 29.4 Å². The highest BCUT2D eigenvalue weighted by Gasteiger charge is 2.17. The minimum Gasteiger partial charge on any atom is -0.369 e. The summed E-state index contributed by atoms with van der Waals surface area (Å²) < 4.78 is 13.5. The minimum atomic E-state index is -0.453. The predicted octanol–water partition coefficient (Wildman–Crippen LogP) is 3.23. The second-order valence-corrected chi connectivity index (χ2v) is 7.53. The Bertz CT molecular complexity index is 1200. The van der Waals surface area contributed by atoms with E-state index < -0.39 is 5.91 Å². The molecule has 2 aromatic carbocycles. The molecular formula is C25H24FN5O2. The molecule has 0 aliphatic carbocycles. The number of likely N-dealkylation sites (N-methyl/N-ethyl adjacent to an activating group) is 1. The first kappa shape index (κ1) is 23.4. The van der Waals surface area contributed by atoms with Crippen LogP contribution in [0.3, 0.4) is 0 Å². The molecule has 0 aliphatic rings. The quantitative estimate of drug-likeness (QED) is 0.555. The molecule has 0 unspecified atom stereocenters. The van der Waals surface area contributed by atoms with Crippen LogP contribution in [0.5, 0.6) is 0 Å². The van der Waals surface area contributed by atoms with Crippen molar-refractivity contribution in [2.24, 2.45) is 0 Å². The van der Waals surface area contributed by atoms with Gasteiger partial charge in [-0.3, -0.25) is 9.59 Å². The van der Waals surface area contributed by atoms with Gasteiger partial charge >= 0.3 is 0 Å². The fourth-order valence-corrected chi connectivity index (χ4v) is 3.16. The van der Waals surface area contributed by atoms with Gasteiger partial charge in [0.25, 0.3) is 5.91 Å². The van der Waals surface area contributed by atoms with Crippen LogP contribution in [0.25, 0.3) is 11.3 Å². The van der Waals surface area contributed by atoms with E-state index in [1.165, 1.54) is 17.0 Å². The van der Waals surface area contributed by atoms with E-state index in [1.54, 1.807) is 50.5 Å². The molecule has 0 saturated heterocycles. The molecule has 0 radical (unpaired) electrons. The SMILES string of the molecule is CN(C)C(=O)CNC(=O)c1ccc(-c2ccccc2C#N)nc1NCCc1cccc(F)c1. The standard InChI is InChI=1S/C25H24FN5O2/c1-31(2)23(32)16-29-25(33)21-10-11-22(20-9-4-3-7-18(20)15-27)30-24(21)28-13-12-17-6-5-8-19(26)14-17/h3-11,14H,12-13,16H2,1-2H3,(H,28,30)(H,29,33). The van der Waals surface area contributed by atoms with Crippen molar-refractivity contribution < 1.29 is 14.0 Å². The van der Waals surface area contributed by atoms with Gasteiger partial charge in [-0.05, 0) is 42.3 Å². The Kier molecular flexibility index (Phi) is 7.71. The van der Waals surface area contributed by atoms with E-state index >= 15 is 0 Å². The molecule has 1 aromatic heterocycles. The third-order valence-corrected chi connectivity index (χ3v) is 4.96. The molecule has 0 spiro atoms. The van der Waals surface area contributed by atoms with Gasteiger partial charge in [0, 0.05) is 26.2 Å². The molecule has 33 heavy (non-hydrogen) atoms. The number of amides is 2. The molecule has 1 heterocycles. The van der Waals surface area contributed by atoms with Gasteiger partial charge in [-0.15, -0.1) is 0 Å². The number of hydrogen-bond donors (Lipinski definition) is 2. The monoisotopic (exact) mass is 445 g/mol. The van der Waals surface area contributed by atoms with E-state index in [0.29, 0.717) is 35.6 Å². The van der Waals surface area contributed by atoms with Gasteiger partial charge < -0.3 is 15.5 Å². The summed E-state index contributed by atoms with van der Waals surface area (Å²) in [5, 5.41) is 15.2. The first-order chi connectivity index (χ1) is 15.9. The molecule has 8 heteroatoms. The number of pyridine rings is 1. The number of aromatic nitrogens is 1. The molecule has 3 aromatic rings. The molecule has 2 amide bonds. The number of halogens is 1. The summed E-state index contributed by atoms with van der Waals surface area (Å²) in [6.45, 7) is 0.254. The van der Waals surface area contributed by atoms with Gasteiger partial charge in [-0.2, -0.15) is 5.26 Å². The number of nitrogens with zero attached hydrogens (tertiary/aromatic N) is 3. The Morgan fingerprint density at radius 1 is 1.09 bits per heavy atom. The Balaban J connectivity index is 1.87. The molecule has 3 rings (SSSR count). The Hall–Kier alpha value is -4.25. The fraction of sp³-hybridized carbons (Fsp3) is 0.200. The van der Waals surface area contributed by atoms with Crippen molar-refractivity contribution in [1.29, 1.82) is 5.26 Å². The topological polar surface area (TPSA) is 98.1 Å². The zero-order chi connectivity index (χ0) is 23.8. The maximum Gasteiger partial charge on any atom is 0.255 e. The lowest BCUT2D eigenvalue weighted by molar-refractivity contribution is -0.127. The van der Waals surface area contributed by atoms with E-state index in [1.807, 2.05) is 12.1 Å². The Morgan fingerprint density at radius 3 is 2.61 bits per heavy atom. The van der Waals surface area contributed by atoms with Crippen molar-refractivity contribution in [3.63, 3.8) is 0 Å². The molecular weight excluding hydrogens is 421 g/mol. The Labute approximate surface area is 191 Å². The van der Waals surface area contributed by atoms with Gasteiger partial charge in [-0.1, -0.05) is 30.3 Å². The zero-order valence-corrected chi connectivity index (χ0v) is 18.4. The van der Waals surface area contributed by atoms with Crippen molar-refractivity contribution in [3.05, 3.63) is 83.2 Å². The lowest BCUT2D eigenvalue weighted by Crippen LogP contribution is -2.36. The summed E-state index contributed by atoms with van der Waals surface area (Å²) in [7, 11) is 3.22. The zero-order valence-electron chi connectivity index (χ0n) is 18.4. The normalized spacial score (nSPS) is 10.2. The third-order valence-electron chi connectivity index (χ3n) is 4.96. The summed E-state index contributed by atoms with van der Waals surface area (Å²) in [5.74, 6) is -0.694. The highest BCUT2D eigenvalue weighted by molar-refractivity contribution is 6.00. The van der Waals surface area contributed by atoms with Gasteiger partial charge in [0.15, 0.2) is 0 Å². The molecule has 2 N–H and O–H groups in total. The van der Waals surface area contributed by atoms with Gasteiger partial charge in [-0.25, -0.2) is 9.37 Å². The van der Waals surface area contributed by atoms with Crippen LogP contribution in [0.15, 0.2) is 60.7 Å². The summed E-state index contributed by atoms with van der Waals surface area (Å²) >= 11 is 0. The van der Waals surface area contributed by atoms with Crippen LogP contribution in [0.4, 0.5) is 10.2 Å². The third kappa shape index (κ3) is 6.14. The van der Waals surface area contributed by atoms with E-state index in [0.717, 1.165) is 5.56 Å². The highest BCUT2D eigenvalue weighted by atomic mass is 19.1. The summed E-state index contributed by atoms with van der Waals surface area (Å²) in [5.41, 5.74) is 2.70. The van der Waals surface area contributed by atoms with Gasteiger partial charge in [0.1, 0.15) is 11.6 Å². The lowest BCUT2D eigenvalue weighted by atomic mass is 10.0. The molecule has 0 aliphatic heterocycles. The average Bonchev–Trinajstić information content (AvgIpc) is 2.82. The van der Waals surface area contributed by atoms with Crippen LogP contribution in [-0.4, -0.2) is 48.9 Å². The molecule has 168 valence electrons. The summed E-state index contributed by atoms with van der Waals surface area (Å²) in [6.07, 6.45) is 0.513. The Morgan fingerprint density at radius 2 is 1.88 bits per heavy atom. The lowest BCUT2D eigenvalue weighted by Gasteiger charge is -2.15. The predicted molar refractivity (Wildman–Crippen MR) is 124 cm³/mol. The number of nitriles is 1. The van der Waals surface area contributed by atoms with Crippen LogP contribution >= 0.6 is 0 Å². The first-order valence-electron chi connectivity index (χ1n) is 10.4. The van der Waals surface area contributed by atoms with Crippen LogP contribution in [0.2, 0.25) is 0 Å². The van der Waals surface area contributed by atoms with Crippen molar-refractivity contribution in [1.82, 2.24) is 15.2 Å². The molecule has 7 nitrogen and oxygen atoms in total. The molecule has 0 bridgehead atoms. The second-order valence-electron chi connectivity index (χ2n) is 7.53. The van der Waals surface area contributed by atoms with Gasteiger partial charge in [0.2, 0.25) is 5.91 Å². The van der Waals surface area contributed by atoms with Crippen LogP contribution in [-0.2, 0) is 11.2 Å². The number of anilines is 1. The molecule has 0 atom stereocenters. The summed E-state index contributed by atoms with van der Waals surface area (Å²) in [4.78, 5) is 30.6. The van der Waals surface area contributed by atoms with Crippen LogP contribution < -0.4 is 10.6 Å². The number of carbonyl (C=O) groups is 2. The van der Waals surface area contributed by atoms with E-state index in [-0.39, 0.29) is 23.8 Å². The molecule has 0 fully saturated rings. The van der Waals surface area contributed by atoms with Crippen molar-refractivity contribution in [3.8, 4) is 17.3 Å². The summed E-state index contributed by atoms with van der Waals surface area (Å²) in [6, 6.07) is 18.8. The number of nitrogens with one attached hydrogen (secondary N) is 2. The highest BCUT2D eigenvalue weighted by Crippen LogP contribution is 2.25. The number of carbonyl (C=O) groups excluding carboxylic acids is 2. The van der Waals surface area contributed by atoms with Crippen LogP contribution in [0.1, 0.15) is 21.5 Å². The van der Waals surface area contributed by atoms with Crippen molar-refractivity contribution in [2.45, 2.75) is 6.42 Å². The number of benzene rings is 2. The van der Waals surface area contributed by atoms with E-state index in [4.69, 9.17) is 0 Å².